The molecule has 1 unspecified atom stereocenters. The van der Waals surface area contributed by atoms with Crippen LogP contribution in [0.2, 0.25) is 0 Å². The number of hydrogen-bond acceptors (Lipinski definition) is 4. The number of fused-ring (bicyclic) bond motifs is 1. The van der Waals surface area contributed by atoms with Crippen LogP contribution >= 0.6 is 0 Å². The minimum absolute atomic E-state index is 0.0123. The number of ether oxygens (including phenoxy) is 2. The number of likely N-dealkylation sites (N-methyl/N-ethyl adjacent to an activating group) is 1. The van der Waals surface area contributed by atoms with E-state index in [4.69, 9.17) is 9.47 Å². The van der Waals surface area contributed by atoms with E-state index in [9.17, 15) is 0 Å². The summed E-state index contributed by atoms with van der Waals surface area (Å²) in [5.41, 5.74) is 0.731. The molecule has 4 heteroatoms. The van der Waals surface area contributed by atoms with Gasteiger partial charge in [-0.1, -0.05) is 0 Å². The molecule has 2 saturated heterocycles. The summed E-state index contributed by atoms with van der Waals surface area (Å²) in [5, 5.41) is 0. The van der Waals surface area contributed by atoms with Crippen LogP contribution in [-0.2, 0) is 9.47 Å². The van der Waals surface area contributed by atoms with Crippen molar-refractivity contribution in [3.63, 3.8) is 0 Å². The molecule has 21 heavy (non-hydrogen) atoms. The van der Waals surface area contributed by atoms with Gasteiger partial charge in [-0.05, 0) is 60.0 Å². The van der Waals surface area contributed by atoms with Crippen LogP contribution in [0.4, 0.5) is 0 Å². The Morgan fingerprint density at radius 2 is 1.76 bits per heavy atom. The fraction of sp³-hybridized carbons (Fsp3) is 1.00. The van der Waals surface area contributed by atoms with Crippen LogP contribution in [0.1, 0.15) is 47.0 Å². The van der Waals surface area contributed by atoms with Crippen LogP contribution < -0.4 is 0 Å². The molecule has 4 nitrogen and oxygen atoms in total. The first-order chi connectivity index (χ1) is 9.73. The number of nitrogens with zero attached hydrogens (tertiary/aromatic N) is 2. The van der Waals surface area contributed by atoms with Gasteiger partial charge in [0.15, 0.2) is 6.29 Å². The predicted octanol–water partition coefficient (Wildman–Crippen LogP) is 2.33. The number of piperidine rings is 1. The van der Waals surface area contributed by atoms with E-state index in [1.807, 2.05) is 0 Å². The monoisotopic (exact) mass is 296 g/mol. The standard InChI is InChI=1S/C17H32N2O2/c1-12-7-17(8-14(17)19(12)16(2,3)4)9-15-20-10-13(11-21-15)18(5)6/h12-15H,7-11H2,1-6H3/t12-,13?,14?,15?,17+/m1/s1. The van der Waals surface area contributed by atoms with E-state index in [1.165, 1.54) is 12.8 Å². The first-order valence-electron chi connectivity index (χ1n) is 8.41. The van der Waals surface area contributed by atoms with Crippen molar-refractivity contribution in [3.05, 3.63) is 0 Å². The van der Waals surface area contributed by atoms with E-state index in [-0.39, 0.29) is 11.8 Å². The molecule has 0 aromatic rings. The van der Waals surface area contributed by atoms with Crippen LogP contribution in [0.5, 0.6) is 0 Å². The lowest BCUT2D eigenvalue weighted by molar-refractivity contribution is -0.209. The van der Waals surface area contributed by atoms with Gasteiger partial charge < -0.3 is 14.4 Å². The van der Waals surface area contributed by atoms with Gasteiger partial charge in [-0.25, -0.2) is 0 Å². The molecular weight excluding hydrogens is 264 g/mol. The second-order valence-electron chi connectivity index (χ2n) is 8.63. The zero-order valence-electron chi connectivity index (χ0n) is 14.6. The van der Waals surface area contributed by atoms with E-state index in [1.54, 1.807) is 0 Å². The van der Waals surface area contributed by atoms with Gasteiger partial charge in [-0.2, -0.15) is 0 Å². The first kappa shape index (κ1) is 15.7. The quantitative estimate of drug-likeness (QED) is 0.798. The van der Waals surface area contributed by atoms with Crippen LogP contribution in [0.3, 0.4) is 0 Å². The van der Waals surface area contributed by atoms with Crippen LogP contribution in [0.25, 0.3) is 0 Å². The molecule has 2 aliphatic heterocycles. The zero-order chi connectivity index (χ0) is 15.4. The number of hydrogen-bond donors (Lipinski definition) is 0. The molecule has 2 heterocycles. The van der Waals surface area contributed by atoms with Gasteiger partial charge in [0.05, 0.1) is 19.3 Å². The van der Waals surface area contributed by atoms with Crippen molar-refractivity contribution in [2.75, 3.05) is 27.3 Å². The lowest BCUT2D eigenvalue weighted by atomic mass is 9.95. The number of likely N-dealkylation sites (tertiary alicyclic amines) is 1. The molecule has 3 fully saturated rings. The summed E-state index contributed by atoms with van der Waals surface area (Å²) in [7, 11) is 4.18. The summed E-state index contributed by atoms with van der Waals surface area (Å²) in [6.45, 7) is 11.0. The molecular formula is C17H32N2O2. The van der Waals surface area contributed by atoms with Crippen LogP contribution in [-0.4, -0.2) is 67.1 Å². The van der Waals surface area contributed by atoms with Crippen molar-refractivity contribution in [2.45, 2.75) is 76.9 Å². The van der Waals surface area contributed by atoms with Gasteiger partial charge >= 0.3 is 0 Å². The Kier molecular flexibility index (Phi) is 3.89. The van der Waals surface area contributed by atoms with Gasteiger partial charge in [0.2, 0.25) is 0 Å². The molecule has 1 aliphatic carbocycles. The van der Waals surface area contributed by atoms with Gasteiger partial charge in [0.1, 0.15) is 0 Å². The molecule has 3 atom stereocenters. The van der Waals surface area contributed by atoms with Crippen LogP contribution in [0, 0.1) is 5.41 Å². The van der Waals surface area contributed by atoms with Gasteiger partial charge in [-0.15, -0.1) is 0 Å². The second kappa shape index (κ2) is 5.19. The minimum atomic E-state index is 0.0123. The summed E-state index contributed by atoms with van der Waals surface area (Å²) in [4.78, 5) is 4.91. The topological polar surface area (TPSA) is 24.9 Å². The van der Waals surface area contributed by atoms with Crippen molar-refractivity contribution >= 4 is 0 Å². The maximum absolute atomic E-state index is 5.98. The van der Waals surface area contributed by atoms with Gasteiger partial charge in [0.25, 0.3) is 0 Å². The maximum atomic E-state index is 5.98. The lowest BCUT2D eigenvalue weighted by Crippen LogP contribution is -2.45. The van der Waals surface area contributed by atoms with Crippen molar-refractivity contribution in [2.24, 2.45) is 5.41 Å². The number of rotatable bonds is 3. The van der Waals surface area contributed by atoms with Gasteiger partial charge in [-0.3, -0.25) is 4.90 Å². The first-order valence-corrected chi connectivity index (χ1v) is 8.41. The third-order valence-corrected chi connectivity index (χ3v) is 5.69. The molecule has 0 radical (unpaired) electrons. The van der Waals surface area contributed by atoms with E-state index in [0.717, 1.165) is 25.7 Å². The minimum Gasteiger partial charge on any atom is -0.351 e. The molecule has 0 amide bonds. The van der Waals surface area contributed by atoms with Crippen molar-refractivity contribution in [1.82, 2.24) is 9.80 Å². The smallest absolute Gasteiger partial charge is 0.158 e. The van der Waals surface area contributed by atoms with E-state index in [2.05, 4.69) is 51.6 Å². The highest BCUT2D eigenvalue weighted by atomic mass is 16.7. The Morgan fingerprint density at radius 1 is 1.14 bits per heavy atom. The Bertz CT molecular complexity index is 385. The second-order valence-corrected chi connectivity index (χ2v) is 8.63. The predicted molar refractivity (Wildman–Crippen MR) is 84.3 cm³/mol. The average Bonchev–Trinajstić information content (AvgIpc) is 2.92. The molecule has 0 aromatic heterocycles. The third-order valence-electron chi connectivity index (χ3n) is 5.69. The normalized spacial score (nSPS) is 44.1. The zero-order valence-corrected chi connectivity index (χ0v) is 14.6. The highest BCUT2D eigenvalue weighted by Crippen LogP contribution is 2.63. The van der Waals surface area contributed by atoms with Crippen molar-refractivity contribution < 1.29 is 9.47 Å². The molecule has 0 aromatic carbocycles. The SMILES string of the molecule is C[C@@H]1C[C@@]2(CC3OCC(N(C)C)CO3)CC2N1C(C)(C)C. The summed E-state index contributed by atoms with van der Waals surface area (Å²) in [6, 6.07) is 1.83. The molecule has 3 aliphatic rings. The fourth-order valence-electron chi connectivity index (χ4n) is 4.65. The van der Waals surface area contributed by atoms with Crippen molar-refractivity contribution in [3.8, 4) is 0 Å². The Morgan fingerprint density at radius 3 is 2.24 bits per heavy atom. The third kappa shape index (κ3) is 2.88. The fourth-order valence-corrected chi connectivity index (χ4v) is 4.65. The summed E-state index contributed by atoms with van der Waals surface area (Å²) in [6.07, 6.45) is 3.72. The Labute approximate surface area is 129 Å². The highest BCUT2D eigenvalue weighted by Gasteiger charge is 2.65. The highest BCUT2D eigenvalue weighted by molar-refractivity contribution is 5.18. The summed E-state index contributed by atoms with van der Waals surface area (Å²) in [5.74, 6) is 0. The Balaban J connectivity index is 1.56. The molecule has 0 spiro atoms. The molecule has 3 rings (SSSR count). The average molecular weight is 296 g/mol. The van der Waals surface area contributed by atoms with Crippen LogP contribution in [0.15, 0.2) is 0 Å². The Hall–Kier alpha value is -0.160. The molecule has 122 valence electrons. The van der Waals surface area contributed by atoms with E-state index in [0.29, 0.717) is 17.5 Å². The molecule has 0 bridgehead atoms. The van der Waals surface area contributed by atoms with E-state index < -0.39 is 0 Å². The van der Waals surface area contributed by atoms with Gasteiger partial charge in [0, 0.05) is 24.0 Å². The van der Waals surface area contributed by atoms with Crippen molar-refractivity contribution in [1.29, 1.82) is 0 Å². The lowest BCUT2D eigenvalue weighted by Gasteiger charge is -2.37. The molecule has 1 saturated carbocycles. The largest absolute Gasteiger partial charge is 0.351 e. The molecule has 0 N–H and O–H groups in total. The summed E-state index contributed by atoms with van der Waals surface area (Å²) < 4.78 is 12.0. The van der Waals surface area contributed by atoms with E-state index >= 15 is 0 Å². The maximum Gasteiger partial charge on any atom is 0.158 e. The summed E-state index contributed by atoms with van der Waals surface area (Å²) >= 11 is 0.